The van der Waals surface area contributed by atoms with Gasteiger partial charge in [0.25, 0.3) is 11.5 Å². The van der Waals surface area contributed by atoms with Crippen molar-refractivity contribution in [1.29, 1.82) is 0 Å². The Kier molecular flexibility index (Phi) is 8.10. The monoisotopic (exact) mass is 528 g/mol. The van der Waals surface area contributed by atoms with Crippen molar-refractivity contribution in [2.45, 2.75) is 38.3 Å². The van der Waals surface area contributed by atoms with Gasteiger partial charge in [0.05, 0.1) is 18.8 Å². The van der Waals surface area contributed by atoms with E-state index in [0.717, 1.165) is 11.1 Å². The second-order valence-corrected chi connectivity index (χ2v) is 9.54. The third-order valence-corrected chi connectivity index (χ3v) is 6.73. The maximum Gasteiger partial charge on any atom is 0.293 e. The van der Waals surface area contributed by atoms with Gasteiger partial charge in [-0.15, -0.1) is 0 Å². The van der Waals surface area contributed by atoms with Gasteiger partial charge in [-0.05, 0) is 35.2 Å². The predicted molar refractivity (Wildman–Crippen MR) is 143 cm³/mol. The normalized spacial score (nSPS) is 17.3. The lowest BCUT2D eigenvalue weighted by molar-refractivity contribution is 0.0461. The summed E-state index contributed by atoms with van der Waals surface area (Å²) in [5.74, 6) is -1.55. The molecule has 0 spiro atoms. The number of hydrogen-bond donors (Lipinski definition) is 3. The molecule has 39 heavy (non-hydrogen) atoms. The number of aromatic amines is 1. The summed E-state index contributed by atoms with van der Waals surface area (Å²) >= 11 is 0. The number of carbonyl (C=O) groups is 1. The number of carbonyl (C=O) groups excluding carboxylic acids is 1. The number of benzene rings is 3. The maximum absolute atomic E-state index is 13.2. The van der Waals surface area contributed by atoms with Crippen LogP contribution in [0.1, 0.15) is 45.5 Å². The number of H-pyrrole nitrogens is 1. The van der Waals surface area contributed by atoms with Crippen LogP contribution in [0.3, 0.4) is 0 Å². The number of halogens is 1. The molecule has 3 aromatic carbocycles. The molecule has 4 aromatic rings. The smallest absolute Gasteiger partial charge is 0.293 e. The zero-order chi connectivity index (χ0) is 27.2. The molecule has 0 aliphatic carbocycles. The Labute approximate surface area is 225 Å². The Morgan fingerprint density at radius 3 is 2.36 bits per heavy atom. The molecule has 1 aromatic heterocycles. The minimum atomic E-state index is -0.791. The molecule has 2 unspecified atom stereocenters. The van der Waals surface area contributed by atoms with Crippen molar-refractivity contribution in [3.05, 3.63) is 129 Å². The van der Waals surface area contributed by atoms with Crippen LogP contribution in [0, 0.1) is 5.82 Å². The minimum absolute atomic E-state index is 0.0846. The Hall–Kier alpha value is -4.34. The summed E-state index contributed by atoms with van der Waals surface area (Å²) in [5.41, 5.74) is 1.67. The van der Waals surface area contributed by atoms with E-state index in [9.17, 15) is 19.1 Å². The van der Waals surface area contributed by atoms with Gasteiger partial charge in [-0.3, -0.25) is 14.5 Å². The molecule has 8 nitrogen and oxygen atoms in total. The van der Waals surface area contributed by atoms with Crippen molar-refractivity contribution in [3.8, 4) is 5.75 Å². The fourth-order valence-corrected chi connectivity index (χ4v) is 4.72. The van der Waals surface area contributed by atoms with E-state index in [2.05, 4.69) is 20.2 Å². The fourth-order valence-electron chi connectivity index (χ4n) is 4.72. The summed E-state index contributed by atoms with van der Waals surface area (Å²) in [6.45, 7) is 1.73. The van der Waals surface area contributed by atoms with E-state index >= 15 is 0 Å². The van der Waals surface area contributed by atoms with Crippen LogP contribution < -0.4 is 10.9 Å². The second kappa shape index (κ2) is 12.0. The number of likely N-dealkylation sites (tertiary alicyclic amines) is 1. The Morgan fingerprint density at radius 2 is 1.67 bits per heavy atom. The molecular weight excluding hydrogens is 499 g/mol. The number of nitrogens with zero attached hydrogens (tertiary/aromatic N) is 2. The van der Waals surface area contributed by atoms with Crippen LogP contribution in [0.25, 0.3) is 0 Å². The highest BCUT2D eigenvalue weighted by Gasteiger charge is 2.36. The molecule has 0 radical (unpaired) electrons. The Morgan fingerprint density at radius 1 is 1.00 bits per heavy atom. The maximum atomic E-state index is 13.2. The van der Waals surface area contributed by atoms with Gasteiger partial charge in [-0.2, -0.15) is 0 Å². The predicted octanol–water partition coefficient (Wildman–Crippen LogP) is 4.08. The van der Waals surface area contributed by atoms with Crippen molar-refractivity contribution in [2.75, 3.05) is 6.54 Å². The van der Waals surface area contributed by atoms with Crippen LogP contribution in [0.5, 0.6) is 5.75 Å². The van der Waals surface area contributed by atoms with E-state index in [1.807, 2.05) is 60.7 Å². The zero-order valence-electron chi connectivity index (χ0n) is 21.2. The minimum Gasteiger partial charge on any atom is -0.501 e. The van der Waals surface area contributed by atoms with Crippen LogP contribution in [-0.2, 0) is 24.4 Å². The average Bonchev–Trinajstić information content (AvgIpc) is 3.36. The highest BCUT2D eigenvalue weighted by Crippen LogP contribution is 2.33. The van der Waals surface area contributed by atoms with Crippen molar-refractivity contribution in [1.82, 2.24) is 20.2 Å². The average molecular weight is 529 g/mol. The molecule has 1 saturated heterocycles. The topological polar surface area (TPSA) is 108 Å². The third-order valence-electron chi connectivity index (χ3n) is 6.73. The second-order valence-electron chi connectivity index (χ2n) is 9.54. The van der Waals surface area contributed by atoms with Gasteiger partial charge in [0, 0.05) is 19.6 Å². The van der Waals surface area contributed by atoms with Gasteiger partial charge in [0.1, 0.15) is 11.6 Å². The lowest BCUT2D eigenvalue weighted by Gasteiger charge is -2.23. The number of nitrogens with one attached hydrogen (secondary N) is 2. The van der Waals surface area contributed by atoms with Crippen LogP contribution >= 0.6 is 0 Å². The van der Waals surface area contributed by atoms with Gasteiger partial charge < -0.3 is 20.1 Å². The summed E-state index contributed by atoms with van der Waals surface area (Å²) < 4.78 is 19.4. The number of aromatic hydroxyl groups is 1. The van der Waals surface area contributed by atoms with Gasteiger partial charge in [0.2, 0.25) is 5.75 Å². The summed E-state index contributed by atoms with van der Waals surface area (Å²) in [6, 6.07) is 25.1. The first-order valence-corrected chi connectivity index (χ1v) is 12.8. The van der Waals surface area contributed by atoms with E-state index in [4.69, 9.17) is 4.74 Å². The third kappa shape index (κ3) is 6.57. The molecular formula is C30H29FN4O4. The van der Waals surface area contributed by atoms with Gasteiger partial charge in [0.15, 0.2) is 5.69 Å². The molecule has 0 saturated carbocycles. The number of aromatic nitrogens is 2. The van der Waals surface area contributed by atoms with Crippen LogP contribution in [0.4, 0.5) is 4.39 Å². The molecule has 1 aliphatic rings. The van der Waals surface area contributed by atoms with E-state index in [0.29, 0.717) is 31.7 Å². The summed E-state index contributed by atoms with van der Waals surface area (Å²) in [6.07, 6.45) is 0.415. The fraction of sp³-hybridized carbons (Fsp3) is 0.233. The highest BCUT2D eigenvalue weighted by molar-refractivity contribution is 5.94. The largest absolute Gasteiger partial charge is 0.501 e. The molecule has 2 heterocycles. The molecule has 0 bridgehead atoms. The summed E-state index contributed by atoms with van der Waals surface area (Å²) in [4.78, 5) is 34.8. The van der Waals surface area contributed by atoms with Gasteiger partial charge in [-0.1, -0.05) is 72.8 Å². The Balaban J connectivity index is 1.37. The van der Waals surface area contributed by atoms with E-state index < -0.39 is 17.2 Å². The highest BCUT2D eigenvalue weighted by atomic mass is 19.1. The molecule has 2 atom stereocenters. The van der Waals surface area contributed by atoms with Crippen LogP contribution in [0.15, 0.2) is 89.7 Å². The van der Waals surface area contributed by atoms with Crippen LogP contribution in [-0.4, -0.2) is 38.5 Å². The van der Waals surface area contributed by atoms with Crippen molar-refractivity contribution in [2.24, 2.45) is 0 Å². The quantitative estimate of drug-likeness (QED) is 0.302. The molecule has 1 fully saturated rings. The van der Waals surface area contributed by atoms with E-state index in [-0.39, 0.29) is 36.0 Å². The molecule has 5 rings (SSSR count). The molecule has 1 amide bonds. The molecule has 3 N–H and O–H groups in total. The van der Waals surface area contributed by atoms with E-state index in [1.54, 1.807) is 12.1 Å². The molecule has 9 heteroatoms. The lowest BCUT2D eigenvalue weighted by atomic mass is 10.1. The zero-order valence-corrected chi connectivity index (χ0v) is 21.2. The first-order valence-electron chi connectivity index (χ1n) is 12.8. The lowest BCUT2D eigenvalue weighted by Crippen LogP contribution is -2.30. The van der Waals surface area contributed by atoms with Crippen molar-refractivity contribution in [3.63, 3.8) is 0 Å². The van der Waals surface area contributed by atoms with Crippen LogP contribution in [0.2, 0.25) is 0 Å². The summed E-state index contributed by atoms with van der Waals surface area (Å²) in [7, 11) is 0. The number of ether oxygens (including phenoxy) is 1. The summed E-state index contributed by atoms with van der Waals surface area (Å²) in [5, 5.41) is 13.0. The van der Waals surface area contributed by atoms with Crippen molar-refractivity contribution < 1.29 is 19.0 Å². The number of hydrogen-bond acceptors (Lipinski definition) is 6. The van der Waals surface area contributed by atoms with E-state index in [1.165, 1.54) is 12.1 Å². The SMILES string of the molecule is O=C(NCc1ccc(F)cc1)c1nc(C2CC(OCc3ccccc3)CN2Cc2ccccc2)[nH]c(=O)c1O. The molecule has 1 aliphatic heterocycles. The first-order chi connectivity index (χ1) is 19.0. The number of rotatable bonds is 9. The van der Waals surface area contributed by atoms with Gasteiger partial charge >= 0.3 is 0 Å². The molecule has 200 valence electrons. The standard InChI is InChI=1S/C30H29FN4O4/c31-23-13-11-20(12-14-23)16-32-29(37)26-27(36)30(38)34-28(33-26)25-15-24(39-19-22-9-5-2-6-10-22)18-35(25)17-21-7-3-1-4-8-21/h1-14,24-25,36H,15-19H2,(H,32,37)(H,33,34,38). The Bertz CT molecular complexity index is 1460. The van der Waals surface area contributed by atoms with Crippen molar-refractivity contribution >= 4 is 5.91 Å². The van der Waals surface area contributed by atoms with Gasteiger partial charge in [-0.25, -0.2) is 9.37 Å². The first kappa shape index (κ1) is 26.3. The number of amides is 1.